The summed E-state index contributed by atoms with van der Waals surface area (Å²) in [5, 5.41) is 8.90. The molecule has 0 atom stereocenters. The second-order valence-corrected chi connectivity index (χ2v) is 4.75. The summed E-state index contributed by atoms with van der Waals surface area (Å²) in [4.78, 5) is 30.9. The number of nitrogens with one attached hydrogen (secondary N) is 1. The quantitative estimate of drug-likeness (QED) is 0.860. The Bertz CT molecular complexity index is 704. The Labute approximate surface area is 109 Å². The van der Waals surface area contributed by atoms with Gasteiger partial charge in [-0.15, -0.1) is 0 Å². The van der Waals surface area contributed by atoms with Gasteiger partial charge in [0.05, 0.1) is 11.0 Å². The highest BCUT2D eigenvalue weighted by atomic mass is 16.4. The summed E-state index contributed by atoms with van der Waals surface area (Å²) in [5.41, 5.74) is 1.96. The van der Waals surface area contributed by atoms with Gasteiger partial charge in [-0.05, 0) is 44.3 Å². The summed E-state index contributed by atoms with van der Waals surface area (Å²) < 4.78 is 0. The Hall–Kier alpha value is -2.21. The number of aromatic nitrogens is 2. The molecule has 0 bridgehead atoms. The van der Waals surface area contributed by atoms with Crippen LogP contribution in [-0.4, -0.2) is 40.0 Å². The standard InChI is InChI=1S/C13H15N3O3/c1-7-4-9-10(5-8(7)6-16(2)3)14-11(13(18)19)12(17)15-9/h4-5H,6H2,1-3H3,(H,15,17)(H,18,19). The zero-order valence-electron chi connectivity index (χ0n) is 11.0. The number of aromatic carboxylic acids is 1. The van der Waals surface area contributed by atoms with E-state index < -0.39 is 17.2 Å². The molecule has 19 heavy (non-hydrogen) atoms. The van der Waals surface area contributed by atoms with E-state index in [1.54, 1.807) is 0 Å². The molecule has 6 heteroatoms. The molecule has 0 saturated carbocycles. The molecule has 2 N–H and O–H groups in total. The van der Waals surface area contributed by atoms with Gasteiger partial charge in [-0.2, -0.15) is 0 Å². The van der Waals surface area contributed by atoms with Crippen molar-refractivity contribution in [1.82, 2.24) is 14.9 Å². The molecule has 0 aliphatic heterocycles. The van der Waals surface area contributed by atoms with E-state index in [4.69, 9.17) is 5.11 Å². The summed E-state index contributed by atoms with van der Waals surface area (Å²) in [7, 11) is 3.90. The fourth-order valence-corrected chi connectivity index (χ4v) is 1.94. The van der Waals surface area contributed by atoms with E-state index in [0.717, 1.165) is 17.7 Å². The van der Waals surface area contributed by atoms with Crippen LogP contribution in [0, 0.1) is 6.92 Å². The van der Waals surface area contributed by atoms with Gasteiger partial charge in [0.15, 0.2) is 0 Å². The van der Waals surface area contributed by atoms with Crippen LogP contribution in [-0.2, 0) is 6.54 Å². The minimum atomic E-state index is -1.32. The zero-order valence-corrected chi connectivity index (χ0v) is 11.0. The van der Waals surface area contributed by atoms with E-state index in [0.29, 0.717) is 11.0 Å². The molecule has 0 unspecified atom stereocenters. The van der Waals surface area contributed by atoms with Crippen molar-refractivity contribution in [3.8, 4) is 0 Å². The highest BCUT2D eigenvalue weighted by Crippen LogP contribution is 2.17. The summed E-state index contributed by atoms with van der Waals surface area (Å²) in [5.74, 6) is -1.32. The maximum absolute atomic E-state index is 11.5. The van der Waals surface area contributed by atoms with E-state index in [9.17, 15) is 9.59 Å². The lowest BCUT2D eigenvalue weighted by atomic mass is 10.1. The highest BCUT2D eigenvalue weighted by Gasteiger charge is 2.13. The zero-order chi connectivity index (χ0) is 14.2. The lowest BCUT2D eigenvalue weighted by Gasteiger charge is -2.13. The average molecular weight is 261 g/mol. The molecule has 0 saturated heterocycles. The van der Waals surface area contributed by atoms with Crippen LogP contribution in [0.1, 0.15) is 21.6 Å². The van der Waals surface area contributed by atoms with Crippen molar-refractivity contribution in [2.24, 2.45) is 0 Å². The number of rotatable bonds is 3. The fraction of sp³-hybridized carbons (Fsp3) is 0.308. The lowest BCUT2D eigenvalue weighted by Crippen LogP contribution is -2.20. The second kappa shape index (κ2) is 4.81. The topological polar surface area (TPSA) is 86.3 Å². The predicted octanol–water partition coefficient (Wildman–Crippen LogP) is 0.991. The number of fused-ring (bicyclic) bond motifs is 1. The molecular weight excluding hydrogens is 246 g/mol. The molecule has 0 aliphatic rings. The number of nitrogens with zero attached hydrogens (tertiary/aromatic N) is 2. The van der Waals surface area contributed by atoms with Crippen LogP contribution in [0.25, 0.3) is 11.0 Å². The molecule has 100 valence electrons. The lowest BCUT2D eigenvalue weighted by molar-refractivity contribution is 0.0689. The van der Waals surface area contributed by atoms with Crippen molar-refractivity contribution in [3.63, 3.8) is 0 Å². The number of H-pyrrole nitrogens is 1. The first-order valence-corrected chi connectivity index (χ1v) is 5.80. The van der Waals surface area contributed by atoms with E-state index in [-0.39, 0.29) is 0 Å². The first-order valence-electron chi connectivity index (χ1n) is 5.80. The third-order valence-corrected chi connectivity index (χ3v) is 2.84. The number of hydrogen-bond acceptors (Lipinski definition) is 4. The maximum atomic E-state index is 11.5. The number of aryl methyl sites for hydroxylation is 1. The number of hydrogen-bond donors (Lipinski definition) is 2. The van der Waals surface area contributed by atoms with Crippen molar-refractivity contribution in [2.75, 3.05) is 14.1 Å². The van der Waals surface area contributed by atoms with Crippen LogP contribution in [0.2, 0.25) is 0 Å². The van der Waals surface area contributed by atoms with Crippen molar-refractivity contribution in [1.29, 1.82) is 0 Å². The second-order valence-electron chi connectivity index (χ2n) is 4.75. The van der Waals surface area contributed by atoms with Gasteiger partial charge in [-0.3, -0.25) is 4.79 Å². The minimum Gasteiger partial charge on any atom is -0.476 e. The summed E-state index contributed by atoms with van der Waals surface area (Å²) in [6, 6.07) is 3.63. The van der Waals surface area contributed by atoms with Gasteiger partial charge in [0.2, 0.25) is 5.69 Å². The molecule has 1 aromatic heterocycles. The van der Waals surface area contributed by atoms with Crippen molar-refractivity contribution >= 4 is 17.0 Å². The number of carboxylic acid groups (broad SMARTS) is 1. The van der Waals surface area contributed by atoms with Gasteiger partial charge in [0, 0.05) is 6.54 Å². The van der Waals surface area contributed by atoms with Gasteiger partial charge in [0.1, 0.15) is 0 Å². The van der Waals surface area contributed by atoms with Crippen LogP contribution < -0.4 is 5.56 Å². The first kappa shape index (κ1) is 13.2. The molecule has 0 fully saturated rings. The number of carbonyl (C=O) groups is 1. The van der Waals surface area contributed by atoms with Crippen LogP contribution in [0.5, 0.6) is 0 Å². The molecule has 0 spiro atoms. The van der Waals surface area contributed by atoms with Gasteiger partial charge in [-0.25, -0.2) is 9.78 Å². The van der Waals surface area contributed by atoms with Crippen LogP contribution in [0.4, 0.5) is 0 Å². The molecule has 2 aromatic rings. The SMILES string of the molecule is Cc1cc2[nH]c(=O)c(C(=O)O)nc2cc1CN(C)C. The number of aromatic amines is 1. The van der Waals surface area contributed by atoms with Gasteiger partial charge >= 0.3 is 5.97 Å². The van der Waals surface area contributed by atoms with Crippen molar-refractivity contribution in [2.45, 2.75) is 13.5 Å². The molecule has 1 heterocycles. The molecule has 1 aromatic carbocycles. The Kier molecular flexibility index (Phi) is 3.35. The Morgan fingerprint density at radius 2 is 2.11 bits per heavy atom. The van der Waals surface area contributed by atoms with E-state index >= 15 is 0 Å². The Morgan fingerprint density at radius 3 is 2.68 bits per heavy atom. The van der Waals surface area contributed by atoms with E-state index in [2.05, 4.69) is 9.97 Å². The predicted molar refractivity (Wildman–Crippen MR) is 71.5 cm³/mol. The molecule has 6 nitrogen and oxygen atoms in total. The normalized spacial score (nSPS) is 11.2. The van der Waals surface area contributed by atoms with Crippen LogP contribution >= 0.6 is 0 Å². The van der Waals surface area contributed by atoms with Crippen molar-refractivity contribution in [3.05, 3.63) is 39.3 Å². The summed E-state index contributed by atoms with van der Waals surface area (Å²) in [6.45, 7) is 2.67. The van der Waals surface area contributed by atoms with Gasteiger partial charge < -0.3 is 15.0 Å². The maximum Gasteiger partial charge on any atom is 0.360 e. The van der Waals surface area contributed by atoms with Gasteiger partial charge in [0.25, 0.3) is 5.56 Å². The Balaban J connectivity index is 2.66. The largest absolute Gasteiger partial charge is 0.476 e. The van der Waals surface area contributed by atoms with E-state index in [1.165, 1.54) is 0 Å². The van der Waals surface area contributed by atoms with Gasteiger partial charge in [-0.1, -0.05) is 0 Å². The summed E-state index contributed by atoms with van der Waals surface area (Å²) in [6.07, 6.45) is 0. The third kappa shape index (κ3) is 2.63. The smallest absolute Gasteiger partial charge is 0.360 e. The highest BCUT2D eigenvalue weighted by molar-refractivity contribution is 5.88. The number of carboxylic acids is 1. The number of benzene rings is 1. The molecule has 0 radical (unpaired) electrons. The summed E-state index contributed by atoms with van der Waals surface area (Å²) >= 11 is 0. The monoisotopic (exact) mass is 261 g/mol. The Morgan fingerprint density at radius 1 is 1.42 bits per heavy atom. The molecule has 0 aliphatic carbocycles. The van der Waals surface area contributed by atoms with Crippen molar-refractivity contribution < 1.29 is 9.90 Å². The minimum absolute atomic E-state index is 0.479. The fourth-order valence-electron chi connectivity index (χ4n) is 1.94. The van der Waals surface area contributed by atoms with Crippen LogP contribution in [0.15, 0.2) is 16.9 Å². The molecular formula is C13H15N3O3. The van der Waals surface area contributed by atoms with Crippen LogP contribution in [0.3, 0.4) is 0 Å². The third-order valence-electron chi connectivity index (χ3n) is 2.84. The molecule has 2 rings (SSSR count). The average Bonchev–Trinajstić information content (AvgIpc) is 2.29. The first-order chi connectivity index (χ1) is 8.88. The molecule has 0 amide bonds. The van der Waals surface area contributed by atoms with E-state index in [1.807, 2.05) is 38.1 Å².